The molecule has 0 spiro atoms. The third-order valence-electron chi connectivity index (χ3n) is 3.56. The first-order valence-corrected chi connectivity index (χ1v) is 6.95. The van der Waals surface area contributed by atoms with Crippen molar-refractivity contribution in [1.82, 2.24) is 14.5 Å². The molecule has 1 aliphatic rings. The van der Waals surface area contributed by atoms with Gasteiger partial charge in [0.1, 0.15) is 0 Å². The van der Waals surface area contributed by atoms with Gasteiger partial charge in [-0.3, -0.25) is 0 Å². The quantitative estimate of drug-likeness (QED) is 0.785. The maximum Gasteiger partial charge on any atom is 0.203 e. The predicted octanol–water partition coefficient (Wildman–Crippen LogP) is 2.53. The molecule has 0 aromatic carbocycles. The van der Waals surface area contributed by atoms with E-state index in [1.165, 1.54) is 38.9 Å². The molecule has 0 bridgehead atoms. The molecule has 0 atom stereocenters. The van der Waals surface area contributed by atoms with Crippen molar-refractivity contribution in [3.63, 3.8) is 0 Å². The molecule has 1 fully saturated rings. The summed E-state index contributed by atoms with van der Waals surface area (Å²) in [7, 11) is 0. The molecule has 0 amide bonds. The molecular formula is C14H24N4. The van der Waals surface area contributed by atoms with E-state index in [9.17, 15) is 0 Å². The Morgan fingerprint density at radius 2 is 2.28 bits per heavy atom. The summed E-state index contributed by atoms with van der Waals surface area (Å²) in [6.07, 6.45) is 9.53. The summed E-state index contributed by atoms with van der Waals surface area (Å²) < 4.78 is 2.28. The van der Waals surface area contributed by atoms with Crippen LogP contribution in [0.5, 0.6) is 0 Å². The van der Waals surface area contributed by atoms with Crippen LogP contribution < -0.4 is 5.32 Å². The van der Waals surface area contributed by atoms with E-state index < -0.39 is 0 Å². The molecule has 0 aliphatic carbocycles. The monoisotopic (exact) mass is 248 g/mol. The minimum atomic E-state index is 0.591. The summed E-state index contributed by atoms with van der Waals surface area (Å²) in [4.78, 5) is 6.93. The van der Waals surface area contributed by atoms with Crippen molar-refractivity contribution in [3.05, 3.63) is 25.0 Å². The first-order chi connectivity index (χ1) is 8.85. The molecule has 1 aromatic heterocycles. The molecule has 1 aliphatic heterocycles. The van der Waals surface area contributed by atoms with Gasteiger partial charge >= 0.3 is 0 Å². The zero-order valence-corrected chi connectivity index (χ0v) is 11.3. The molecule has 1 N–H and O–H groups in total. The van der Waals surface area contributed by atoms with Crippen LogP contribution in [-0.2, 0) is 0 Å². The van der Waals surface area contributed by atoms with E-state index in [0.717, 1.165) is 12.5 Å². The summed E-state index contributed by atoms with van der Waals surface area (Å²) in [5.41, 5.74) is 0. The number of piperidine rings is 1. The molecule has 18 heavy (non-hydrogen) atoms. The molecule has 1 aromatic rings. The van der Waals surface area contributed by atoms with Gasteiger partial charge in [0.15, 0.2) is 0 Å². The van der Waals surface area contributed by atoms with E-state index in [1.807, 2.05) is 12.3 Å². The van der Waals surface area contributed by atoms with Crippen molar-refractivity contribution < 1.29 is 0 Å². The molecule has 1 saturated heterocycles. The molecule has 0 saturated carbocycles. The fourth-order valence-corrected chi connectivity index (χ4v) is 2.65. The number of hydrogen-bond donors (Lipinski definition) is 1. The van der Waals surface area contributed by atoms with E-state index >= 15 is 0 Å². The Balaban J connectivity index is 1.92. The topological polar surface area (TPSA) is 33.1 Å². The second-order valence-corrected chi connectivity index (χ2v) is 4.90. The van der Waals surface area contributed by atoms with Gasteiger partial charge < -0.3 is 14.8 Å². The van der Waals surface area contributed by atoms with Gasteiger partial charge in [0.2, 0.25) is 5.95 Å². The average Bonchev–Trinajstić information content (AvgIpc) is 2.86. The number of anilines is 1. The van der Waals surface area contributed by atoms with Gasteiger partial charge in [-0.1, -0.05) is 13.0 Å². The van der Waals surface area contributed by atoms with Crippen LogP contribution in [-0.4, -0.2) is 40.6 Å². The lowest BCUT2D eigenvalue weighted by Gasteiger charge is -2.32. The lowest BCUT2D eigenvalue weighted by atomic mass is 10.0. The van der Waals surface area contributed by atoms with E-state index in [-0.39, 0.29) is 0 Å². The van der Waals surface area contributed by atoms with E-state index in [1.54, 1.807) is 0 Å². The Hall–Kier alpha value is -1.29. The maximum absolute atomic E-state index is 4.37. The van der Waals surface area contributed by atoms with Gasteiger partial charge in [-0.25, -0.2) is 4.98 Å². The Labute approximate surface area is 110 Å². The first-order valence-electron chi connectivity index (χ1n) is 6.95. The Morgan fingerprint density at radius 1 is 1.50 bits per heavy atom. The largest absolute Gasteiger partial charge is 0.352 e. The normalized spacial score (nSPS) is 17.8. The number of likely N-dealkylation sites (tertiary alicyclic amines) is 1. The van der Waals surface area contributed by atoms with Crippen molar-refractivity contribution >= 4 is 5.95 Å². The summed E-state index contributed by atoms with van der Waals surface area (Å²) in [5.74, 6) is 0.976. The van der Waals surface area contributed by atoms with Crippen LogP contribution in [0.25, 0.3) is 0 Å². The van der Waals surface area contributed by atoms with Crippen LogP contribution in [0.4, 0.5) is 5.95 Å². The van der Waals surface area contributed by atoms with Crippen LogP contribution in [0.1, 0.15) is 32.2 Å². The molecule has 0 unspecified atom stereocenters. The minimum absolute atomic E-state index is 0.591. The zero-order valence-electron chi connectivity index (χ0n) is 11.3. The van der Waals surface area contributed by atoms with Crippen molar-refractivity contribution in [3.8, 4) is 0 Å². The number of nitrogens with zero attached hydrogens (tertiary/aromatic N) is 3. The molecule has 4 heteroatoms. The Kier molecular flexibility index (Phi) is 4.81. The number of rotatable bonds is 6. The predicted molar refractivity (Wildman–Crippen MR) is 75.9 cm³/mol. The first kappa shape index (κ1) is 13.1. The SMILES string of the molecule is C=CCNc1nccn1C1CCN(CCC)CC1. The van der Waals surface area contributed by atoms with E-state index in [2.05, 4.69) is 39.5 Å². The fourth-order valence-electron chi connectivity index (χ4n) is 2.65. The van der Waals surface area contributed by atoms with Crippen LogP contribution in [0.2, 0.25) is 0 Å². The second-order valence-electron chi connectivity index (χ2n) is 4.90. The van der Waals surface area contributed by atoms with Crippen molar-refractivity contribution in [1.29, 1.82) is 0 Å². The Morgan fingerprint density at radius 3 is 2.94 bits per heavy atom. The van der Waals surface area contributed by atoms with Crippen LogP contribution >= 0.6 is 0 Å². The molecular weight excluding hydrogens is 224 g/mol. The van der Waals surface area contributed by atoms with Crippen LogP contribution in [0.3, 0.4) is 0 Å². The third kappa shape index (κ3) is 3.13. The smallest absolute Gasteiger partial charge is 0.203 e. The number of hydrogen-bond acceptors (Lipinski definition) is 3. The number of aromatic nitrogens is 2. The highest BCUT2D eigenvalue weighted by Gasteiger charge is 2.21. The molecule has 2 rings (SSSR count). The average molecular weight is 248 g/mol. The molecule has 4 nitrogen and oxygen atoms in total. The summed E-state index contributed by atoms with van der Waals surface area (Å²) in [5, 5.41) is 3.30. The van der Waals surface area contributed by atoms with Crippen molar-refractivity contribution in [2.45, 2.75) is 32.2 Å². The highest BCUT2D eigenvalue weighted by Crippen LogP contribution is 2.25. The number of imidazole rings is 1. The third-order valence-corrected chi connectivity index (χ3v) is 3.56. The van der Waals surface area contributed by atoms with Gasteiger partial charge in [-0.2, -0.15) is 0 Å². The highest BCUT2D eigenvalue weighted by atomic mass is 15.2. The van der Waals surface area contributed by atoms with Crippen molar-refractivity contribution in [2.24, 2.45) is 0 Å². The van der Waals surface area contributed by atoms with Gasteiger partial charge in [0.25, 0.3) is 0 Å². The standard InChI is InChI=1S/C14H24N4/c1-3-7-15-14-16-8-12-18(14)13-5-10-17(9-4-2)11-6-13/h3,8,12-13H,1,4-7,9-11H2,2H3,(H,15,16). The lowest BCUT2D eigenvalue weighted by Crippen LogP contribution is -2.35. The molecule has 2 heterocycles. The summed E-state index contributed by atoms with van der Waals surface area (Å²) >= 11 is 0. The second kappa shape index (κ2) is 6.59. The van der Waals surface area contributed by atoms with E-state index in [0.29, 0.717) is 6.04 Å². The van der Waals surface area contributed by atoms with Crippen LogP contribution in [0.15, 0.2) is 25.0 Å². The van der Waals surface area contributed by atoms with Gasteiger partial charge in [-0.05, 0) is 25.8 Å². The van der Waals surface area contributed by atoms with Crippen LogP contribution in [0, 0.1) is 0 Å². The summed E-state index contributed by atoms with van der Waals surface area (Å²) in [6.45, 7) is 10.4. The van der Waals surface area contributed by atoms with Crippen molar-refractivity contribution in [2.75, 3.05) is 31.5 Å². The maximum atomic E-state index is 4.37. The molecule has 100 valence electrons. The Bertz CT molecular complexity index is 364. The molecule has 0 radical (unpaired) electrons. The number of nitrogens with one attached hydrogen (secondary N) is 1. The van der Waals surface area contributed by atoms with Gasteiger partial charge in [0, 0.05) is 38.1 Å². The van der Waals surface area contributed by atoms with E-state index in [4.69, 9.17) is 0 Å². The zero-order chi connectivity index (χ0) is 12.8. The minimum Gasteiger partial charge on any atom is -0.352 e. The van der Waals surface area contributed by atoms with Gasteiger partial charge in [-0.15, -0.1) is 6.58 Å². The lowest BCUT2D eigenvalue weighted by molar-refractivity contribution is 0.188. The fraction of sp³-hybridized carbons (Fsp3) is 0.643. The van der Waals surface area contributed by atoms with Gasteiger partial charge in [0.05, 0.1) is 0 Å². The summed E-state index contributed by atoms with van der Waals surface area (Å²) in [6, 6.07) is 0.591. The highest BCUT2D eigenvalue weighted by molar-refractivity contribution is 5.27.